The summed E-state index contributed by atoms with van der Waals surface area (Å²) in [7, 11) is -1.42. The smallest absolute Gasteiger partial charge is 0.253 e. The zero-order valence-electron chi connectivity index (χ0n) is 27.9. The van der Waals surface area contributed by atoms with Crippen LogP contribution in [0.5, 0.6) is 5.75 Å². The van der Waals surface area contributed by atoms with Crippen LogP contribution < -0.4 is 21.1 Å². The molecule has 1 aliphatic rings. The number of amides is 1. The number of carbonyl (C=O) groups is 1. The van der Waals surface area contributed by atoms with Crippen molar-refractivity contribution in [3.05, 3.63) is 112 Å². The third-order valence-corrected chi connectivity index (χ3v) is 10.3. The number of carbonyl (C=O) groups excluding carboxylic acids is 1. The summed E-state index contributed by atoms with van der Waals surface area (Å²) in [6.07, 6.45) is 3.10. The van der Waals surface area contributed by atoms with Gasteiger partial charge in [0.25, 0.3) is 5.91 Å². The minimum absolute atomic E-state index is 0.105. The van der Waals surface area contributed by atoms with E-state index in [9.17, 15) is 13.4 Å². The Balaban J connectivity index is 1.58. The third-order valence-electron chi connectivity index (χ3n) is 8.84. The van der Waals surface area contributed by atoms with Crippen molar-refractivity contribution in [2.75, 3.05) is 24.1 Å². The maximum Gasteiger partial charge on any atom is 0.253 e. The molecule has 5 rings (SSSR count). The molecule has 1 unspecified atom stereocenters. The van der Waals surface area contributed by atoms with Crippen LogP contribution in [0.25, 0.3) is 0 Å². The van der Waals surface area contributed by atoms with Crippen LogP contribution in [0.2, 0.25) is 0 Å². The lowest BCUT2D eigenvalue weighted by Crippen LogP contribution is -2.48. The van der Waals surface area contributed by atoms with Crippen LogP contribution >= 0.6 is 0 Å². The van der Waals surface area contributed by atoms with Crippen molar-refractivity contribution >= 4 is 28.3 Å². The van der Waals surface area contributed by atoms with Crippen LogP contribution in [0.4, 0.5) is 15.8 Å². The fraction of sp³-hybridized carbons (Fsp3) is 0.351. The van der Waals surface area contributed by atoms with E-state index in [1.54, 1.807) is 0 Å². The quantitative estimate of drug-likeness (QED) is 0.160. The van der Waals surface area contributed by atoms with Crippen LogP contribution in [-0.4, -0.2) is 44.1 Å². The van der Waals surface area contributed by atoms with Gasteiger partial charge in [-0.3, -0.25) is 9.78 Å². The van der Waals surface area contributed by atoms with Crippen molar-refractivity contribution in [1.29, 1.82) is 0 Å². The van der Waals surface area contributed by atoms with E-state index >= 15 is 0 Å². The highest BCUT2D eigenvalue weighted by Crippen LogP contribution is 2.41. The first-order chi connectivity index (χ1) is 22.4. The monoisotopic (exact) mass is 657 g/mol. The van der Waals surface area contributed by atoms with E-state index in [1.165, 1.54) is 12.3 Å². The fourth-order valence-corrected chi connectivity index (χ4v) is 7.59. The molecule has 1 aliphatic heterocycles. The molecule has 8 nitrogen and oxygen atoms in total. The third kappa shape index (κ3) is 7.34. The molecule has 0 fully saturated rings. The lowest BCUT2D eigenvalue weighted by atomic mass is 9.74. The van der Waals surface area contributed by atoms with Gasteiger partial charge in [0.1, 0.15) is 28.7 Å². The SMILES string of the molecule is CCNc1ccc([C@H](c2ccc(C)c(CN3C[C@@H](CC)Oc4ccccc4S3=O)c2)C(C)(C)NC(=O)c2cncc(F)c2)c(C)c1N. The molecule has 4 N–H and O–H groups in total. The number of pyridine rings is 1. The second-order valence-corrected chi connectivity index (χ2v) is 14.1. The summed E-state index contributed by atoms with van der Waals surface area (Å²) in [5, 5.41) is 6.49. The van der Waals surface area contributed by atoms with Gasteiger partial charge < -0.3 is 21.1 Å². The van der Waals surface area contributed by atoms with E-state index in [2.05, 4.69) is 53.7 Å². The summed E-state index contributed by atoms with van der Waals surface area (Å²) in [6, 6.07) is 19.0. The Morgan fingerprint density at radius 1 is 1.13 bits per heavy atom. The van der Waals surface area contributed by atoms with E-state index in [0.717, 1.165) is 52.7 Å². The molecule has 3 aromatic carbocycles. The highest BCUT2D eigenvalue weighted by Gasteiger charge is 2.36. The first-order valence-electron chi connectivity index (χ1n) is 16.0. The number of aromatic nitrogens is 1. The molecule has 3 atom stereocenters. The molecule has 47 heavy (non-hydrogen) atoms. The van der Waals surface area contributed by atoms with Crippen molar-refractivity contribution in [1.82, 2.24) is 14.6 Å². The summed E-state index contributed by atoms with van der Waals surface area (Å²) in [6.45, 7) is 13.7. The first-order valence-corrected chi connectivity index (χ1v) is 17.1. The molecule has 1 amide bonds. The number of hydrogen-bond acceptors (Lipinski definition) is 6. The van der Waals surface area contributed by atoms with Crippen LogP contribution in [0, 0.1) is 19.7 Å². The molecule has 0 aliphatic carbocycles. The van der Waals surface area contributed by atoms with Gasteiger partial charge in [-0.1, -0.05) is 43.3 Å². The minimum atomic E-state index is -1.42. The second kappa shape index (κ2) is 14.2. The number of hydrogen-bond donors (Lipinski definition) is 3. The van der Waals surface area contributed by atoms with Crippen LogP contribution in [0.15, 0.2) is 78.0 Å². The molecule has 0 spiro atoms. The molecule has 0 saturated heterocycles. The number of fused-ring (bicyclic) bond motifs is 1. The molecule has 2 heterocycles. The predicted molar refractivity (Wildman–Crippen MR) is 186 cm³/mol. The Labute approximate surface area is 279 Å². The zero-order valence-corrected chi connectivity index (χ0v) is 28.7. The van der Waals surface area contributed by atoms with Gasteiger partial charge in [0.05, 0.1) is 28.0 Å². The standard InChI is InChI=1S/C37H44FN5O3S/c1-7-29-22-43(47(45)33-12-10-9-11-32(33)46-29)21-27-17-25(14-13-23(27)3)34(30-15-16-31(41-8-2)35(39)24(30)4)37(5,6)42-36(44)26-18-28(38)20-40-19-26/h9-20,29,34,41H,7-8,21-22,39H2,1-6H3,(H,42,44)/t29-,34+,47?/m1/s1. The number of para-hydroxylation sites is 1. The average Bonchev–Trinajstić information content (AvgIpc) is 3.17. The van der Waals surface area contributed by atoms with Gasteiger partial charge in [-0.05, 0) is 93.1 Å². The van der Waals surface area contributed by atoms with Gasteiger partial charge in [0.15, 0.2) is 0 Å². The van der Waals surface area contributed by atoms with Crippen molar-refractivity contribution < 1.29 is 18.1 Å². The zero-order chi connectivity index (χ0) is 33.9. The molecule has 0 saturated carbocycles. The largest absolute Gasteiger partial charge is 0.488 e. The summed E-state index contributed by atoms with van der Waals surface area (Å²) < 4.78 is 36.1. The van der Waals surface area contributed by atoms with E-state index in [0.29, 0.717) is 29.4 Å². The van der Waals surface area contributed by atoms with E-state index in [4.69, 9.17) is 10.5 Å². The molecular weight excluding hydrogens is 614 g/mol. The minimum Gasteiger partial charge on any atom is -0.488 e. The Morgan fingerprint density at radius 3 is 2.62 bits per heavy atom. The molecule has 0 radical (unpaired) electrons. The number of nitrogen functional groups attached to an aromatic ring is 1. The van der Waals surface area contributed by atoms with E-state index in [1.807, 2.05) is 62.3 Å². The van der Waals surface area contributed by atoms with E-state index in [-0.39, 0.29) is 17.6 Å². The molecule has 10 heteroatoms. The van der Waals surface area contributed by atoms with Gasteiger partial charge in [-0.2, -0.15) is 0 Å². The average molecular weight is 658 g/mol. The Bertz CT molecular complexity index is 1800. The molecule has 0 bridgehead atoms. The van der Waals surface area contributed by atoms with Gasteiger partial charge in [0.2, 0.25) is 0 Å². The van der Waals surface area contributed by atoms with Crippen LogP contribution in [-0.2, 0) is 17.5 Å². The van der Waals surface area contributed by atoms with Crippen molar-refractivity contribution in [2.24, 2.45) is 0 Å². The Kier molecular flexibility index (Phi) is 10.3. The maximum atomic E-state index is 14.0. The number of rotatable bonds is 10. The van der Waals surface area contributed by atoms with Gasteiger partial charge in [-0.25, -0.2) is 12.9 Å². The number of nitrogens with zero attached hydrogens (tertiary/aromatic N) is 2. The van der Waals surface area contributed by atoms with Crippen LogP contribution in [0.1, 0.15) is 78.2 Å². The number of benzene rings is 3. The van der Waals surface area contributed by atoms with E-state index < -0.39 is 28.2 Å². The van der Waals surface area contributed by atoms with Gasteiger partial charge in [0, 0.05) is 37.3 Å². The number of anilines is 2. The number of aryl methyl sites for hydroxylation is 1. The van der Waals surface area contributed by atoms with Gasteiger partial charge in [-0.15, -0.1) is 0 Å². The lowest BCUT2D eigenvalue weighted by molar-refractivity contribution is 0.0905. The van der Waals surface area contributed by atoms with Crippen molar-refractivity contribution in [3.63, 3.8) is 0 Å². The topological polar surface area (TPSA) is 110 Å². The number of ether oxygens (including phenoxy) is 1. The summed E-state index contributed by atoms with van der Waals surface area (Å²) in [4.78, 5) is 18.0. The highest BCUT2D eigenvalue weighted by molar-refractivity contribution is 7.82. The molecule has 4 aromatic rings. The highest BCUT2D eigenvalue weighted by atomic mass is 32.2. The van der Waals surface area contributed by atoms with Crippen molar-refractivity contribution in [2.45, 2.75) is 77.0 Å². The number of halogens is 1. The lowest BCUT2D eigenvalue weighted by Gasteiger charge is -2.38. The summed E-state index contributed by atoms with van der Waals surface area (Å²) >= 11 is 0. The fourth-order valence-electron chi connectivity index (χ4n) is 6.27. The number of nitrogens with one attached hydrogen (secondary N) is 2. The first kappa shape index (κ1) is 34.1. The Hall–Kier alpha value is -4.28. The summed E-state index contributed by atoms with van der Waals surface area (Å²) in [5.74, 6) is -0.710. The number of nitrogens with two attached hydrogens (primary N) is 1. The van der Waals surface area contributed by atoms with Crippen molar-refractivity contribution in [3.8, 4) is 5.75 Å². The molecule has 1 aromatic heterocycles. The normalized spacial score (nSPS) is 17.3. The van der Waals surface area contributed by atoms with Crippen LogP contribution in [0.3, 0.4) is 0 Å². The second-order valence-electron chi connectivity index (χ2n) is 12.6. The molecule has 248 valence electrons. The summed E-state index contributed by atoms with van der Waals surface area (Å²) in [5.41, 5.74) is 12.3. The Morgan fingerprint density at radius 2 is 1.89 bits per heavy atom. The molecular formula is C37H44FN5O3S. The maximum absolute atomic E-state index is 14.0. The predicted octanol–water partition coefficient (Wildman–Crippen LogP) is 6.89. The van der Waals surface area contributed by atoms with Gasteiger partial charge >= 0.3 is 0 Å².